The lowest BCUT2D eigenvalue weighted by molar-refractivity contribution is 0.199. The Morgan fingerprint density at radius 2 is 1.76 bits per heavy atom. The quantitative estimate of drug-likeness (QED) is 0.864. The van der Waals surface area contributed by atoms with Crippen LogP contribution in [0.1, 0.15) is 24.2 Å². The summed E-state index contributed by atoms with van der Waals surface area (Å²) in [7, 11) is -3.66. The van der Waals surface area contributed by atoms with E-state index < -0.39 is 16.1 Å². The molecule has 0 spiro atoms. The first-order valence-corrected chi connectivity index (χ1v) is 8.65. The van der Waals surface area contributed by atoms with E-state index in [2.05, 4.69) is 20.7 Å². The zero-order valence-corrected chi connectivity index (χ0v) is 14.1. The summed E-state index contributed by atoms with van der Waals surface area (Å²) in [5.74, 6) is 0. The Balaban J connectivity index is 2.32. The van der Waals surface area contributed by atoms with Crippen LogP contribution in [0.2, 0.25) is 0 Å². The number of nitrogens with one attached hydrogen (secondary N) is 1. The molecule has 0 heterocycles. The minimum absolute atomic E-state index is 0.153. The van der Waals surface area contributed by atoms with Crippen molar-refractivity contribution in [1.82, 2.24) is 0 Å². The second kappa shape index (κ2) is 6.17. The van der Waals surface area contributed by atoms with Gasteiger partial charge in [0.2, 0.25) is 0 Å². The SMILES string of the molecule is Cc1cccc(NS(=O)(=O)c2ccc(C(C)O)cc2)c1Br. The molecule has 2 aromatic carbocycles. The standard InChI is InChI=1S/C15H16BrNO3S/c1-10-4-3-5-14(15(10)16)17-21(19,20)13-8-6-12(7-9-13)11(2)18/h3-9,11,17-18H,1-2H3. The number of hydrogen-bond acceptors (Lipinski definition) is 3. The van der Waals surface area contributed by atoms with Crippen LogP contribution in [0.25, 0.3) is 0 Å². The minimum atomic E-state index is -3.66. The average molecular weight is 370 g/mol. The molecule has 2 N–H and O–H groups in total. The molecule has 0 aromatic heterocycles. The van der Waals surface area contributed by atoms with Crippen LogP contribution in [0.15, 0.2) is 51.8 Å². The van der Waals surface area contributed by atoms with Gasteiger partial charge in [-0.15, -0.1) is 0 Å². The smallest absolute Gasteiger partial charge is 0.261 e. The van der Waals surface area contributed by atoms with Crippen LogP contribution < -0.4 is 4.72 Å². The third kappa shape index (κ3) is 3.64. The van der Waals surface area contributed by atoms with Crippen molar-refractivity contribution in [1.29, 1.82) is 0 Å². The molecule has 0 aliphatic carbocycles. The van der Waals surface area contributed by atoms with Crippen molar-refractivity contribution in [2.45, 2.75) is 24.8 Å². The number of hydrogen-bond donors (Lipinski definition) is 2. The van der Waals surface area contributed by atoms with Crippen molar-refractivity contribution in [3.8, 4) is 0 Å². The molecule has 0 bridgehead atoms. The number of aliphatic hydroxyl groups is 1. The van der Waals surface area contributed by atoms with E-state index in [4.69, 9.17) is 0 Å². The summed E-state index contributed by atoms with van der Waals surface area (Å²) < 4.78 is 28.0. The summed E-state index contributed by atoms with van der Waals surface area (Å²) in [5.41, 5.74) is 2.11. The minimum Gasteiger partial charge on any atom is -0.389 e. The monoisotopic (exact) mass is 369 g/mol. The molecule has 0 fully saturated rings. The van der Waals surface area contributed by atoms with Crippen LogP contribution in [0.5, 0.6) is 0 Å². The molecule has 21 heavy (non-hydrogen) atoms. The Bertz CT molecular complexity index is 740. The molecule has 1 atom stereocenters. The summed E-state index contributed by atoms with van der Waals surface area (Å²) >= 11 is 3.38. The topological polar surface area (TPSA) is 66.4 Å². The van der Waals surface area contributed by atoms with Gasteiger partial charge in [0, 0.05) is 4.47 Å². The molecular weight excluding hydrogens is 354 g/mol. The molecule has 0 aliphatic heterocycles. The van der Waals surface area contributed by atoms with E-state index in [1.807, 2.05) is 13.0 Å². The zero-order chi connectivity index (χ0) is 15.6. The molecule has 1 unspecified atom stereocenters. The molecule has 0 aliphatic rings. The maximum atomic E-state index is 12.4. The van der Waals surface area contributed by atoms with Gasteiger partial charge in [-0.25, -0.2) is 8.42 Å². The summed E-state index contributed by atoms with van der Waals surface area (Å²) in [5, 5.41) is 9.45. The maximum Gasteiger partial charge on any atom is 0.261 e. The Morgan fingerprint density at radius 1 is 1.14 bits per heavy atom. The highest BCUT2D eigenvalue weighted by Gasteiger charge is 2.16. The highest BCUT2D eigenvalue weighted by atomic mass is 79.9. The number of halogens is 1. The normalized spacial score (nSPS) is 13.0. The number of rotatable bonds is 4. The Morgan fingerprint density at radius 3 is 2.33 bits per heavy atom. The van der Waals surface area contributed by atoms with E-state index in [1.165, 1.54) is 12.1 Å². The van der Waals surface area contributed by atoms with Gasteiger partial charge in [0.25, 0.3) is 10.0 Å². The molecule has 0 saturated heterocycles. The van der Waals surface area contributed by atoms with E-state index in [9.17, 15) is 13.5 Å². The second-order valence-electron chi connectivity index (χ2n) is 4.79. The highest BCUT2D eigenvalue weighted by Crippen LogP contribution is 2.28. The van der Waals surface area contributed by atoms with E-state index in [1.54, 1.807) is 31.2 Å². The predicted octanol–water partition coefficient (Wildman–Crippen LogP) is 3.61. The number of anilines is 1. The van der Waals surface area contributed by atoms with Gasteiger partial charge in [0.1, 0.15) is 0 Å². The van der Waals surface area contributed by atoms with E-state index >= 15 is 0 Å². The maximum absolute atomic E-state index is 12.4. The molecule has 2 rings (SSSR count). The number of aliphatic hydroxyl groups excluding tert-OH is 1. The molecule has 0 radical (unpaired) electrons. The van der Waals surface area contributed by atoms with Crippen LogP contribution in [0.4, 0.5) is 5.69 Å². The predicted molar refractivity (Wildman–Crippen MR) is 86.8 cm³/mol. The van der Waals surface area contributed by atoms with Crippen molar-refractivity contribution in [3.63, 3.8) is 0 Å². The summed E-state index contributed by atoms with van der Waals surface area (Å²) in [6, 6.07) is 11.5. The van der Waals surface area contributed by atoms with Gasteiger partial charge in [0.15, 0.2) is 0 Å². The van der Waals surface area contributed by atoms with E-state index in [-0.39, 0.29) is 4.90 Å². The van der Waals surface area contributed by atoms with Gasteiger partial charge in [-0.1, -0.05) is 24.3 Å². The third-order valence-electron chi connectivity index (χ3n) is 3.11. The Hall–Kier alpha value is -1.37. The molecule has 2 aromatic rings. The number of aryl methyl sites for hydroxylation is 1. The molecule has 112 valence electrons. The lowest BCUT2D eigenvalue weighted by atomic mass is 10.1. The van der Waals surface area contributed by atoms with Crippen molar-refractivity contribution >= 4 is 31.6 Å². The third-order valence-corrected chi connectivity index (χ3v) is 5.54. The van der Waals surface area contributed by atoms with Crippen LogP contribution in [0.3, 0.4) is 0 Å². The number of benzene rings is 2. The van der Waals surface area contributed by atoms with Gasteiger partial charge < -0.3 is 5.11 Å². The fraction of sp³-hybridized carbons (Fsp3) is 0.200. The second-order valence-corrected chi connectivity index (χ2v) is 7.26. The lowest BCUT2D eigenvalue weighted by Crippen LogP contribution is -2.13. The first-order chi connectivity index (χ1) is 9.81. The zero-order valence-electron chi connectivity index (χ0n) is 11.7. The molecule has 6 heteroatoms. The molecule has 4 nitrogen and oxygen atoms in total. The number of sulfonamides is 1. The first kappa shape index (κ1) is 16.0. The van der Waals surface area contributed by atoms with Gasteiger partial charge in [-0.2, -0.15) is 0 Å². The highest BCUT2D eigenvalue weighted by molar-refractivity contribution is 9.10. The lowest BCUT2D eigenvalue weighted by Gasteiger charge is -2.12. The largest absolute Gasteiger partial charge is 0.389 e. The summed E-state index contributed by atoms with van der Waals surface area (Å²) in [6.45, 7) is 3.52. The van der Waals surface area contributed by atoms with Crippen LogP contribution in [-0.2, 0) is 10.0 Å². The van der Waals surface area contributed by atoms with Crippen molar-refractivity contribution in [2.75, 3.05) is 4.72 Å². The van der Waals surface area contributed by atoms with Crippen molar-refractivity contribution in [3.05, 3.63) is 58.1 Å². The summed E-state index contributed by atoms with van der Waals surface area (Å²) in [6.07, 6.45) is -0.624. The fourth-order valence-electron chi connectivity index (χ4n) is 1.86. The summed E-state index contributed by atoms with van der Waals surface area (Å²) in [4.78, 5) is 0.153. The fourth-order valence-corrected chi connectivity index (χ4v) is 3.42. The Labute approximate surface area is 133 Å². The van der Waals surface area contributed by atoms with Crippen molar-refractivity contribution < 1.29 is 13.5 Å². The average Bonchev–Trinajstić information content (AvgIpc) is 2.44. The van der Waals surface area contributed by atoms with E-state index in [0.717, 1.165) is 5.56 Å². The Kier molecular flexibility index (Phi) is 4.70. The van der Waals surface area contributed by atoms with E-state index in [0.29, 0.717) is 15.7 Å². The first-order valence-electron chi connectivity index (χ1n) is 6.37. The van der Waals surface area contributed by atoms with Crippen LogP contribution >= 0.6 is 15.9 Å². The van der Waals surface area contributed by atoms with Gasteiger partial charge in [-0.3, -0.25) is 4.72 Å². The molecule has 0 amide bonds. The van der Waals surface area contributed by atoms with Crippen LogP contribution in [-0.4, -0.2) is 13.5 Å². The van der Waals surface area contributed by atoms with Gasteiger partial charge in [-0.05, 0) is 59.1 Å². The molecule has 0 saturated carbocycles. The van der Waals surface area contributed by atoms with Gasteiger partial charge in [0.05, 0.1) is 16.7 Å². The molecular formula is C15H16BrNO3S. The van der Waals surface area contributed by atoms with Crippen molar-refractivity contribution in [2.24, 2.45) is 0 Å². The van der Waals surface area contributed by atoms with Gasteiger partial charge >= 0.3 is 0 Å². The van der Waals surface area contributed by atoms with Crippen LogP contribution in [0, 0.1) is 6.92 Å².